The second-order valence-corrected chi connectivity index (χ2v) is 5.24. The first kappa shape index (κ1) is 12.8. The summed E-state index contributed by atoms with van der Waals surface area (Å²) in [5.41, 5.74) is 0.0506. The molecule has 2 N–H and O–H groups in total. The van der Waals surface area contributed by atoms with Crippen LogP contribution in [0.2, 0.25) is 0 Å². The highest BCUT2D eigenvalue weighted by molar-refractivity contribution is 5.70. The van der Waals surface area contributed by atoms with E-state index in [0.29, 0.717) is 13.2 Å². The van der Waals surface area contributed by atoms with Gasteiger partial charge in [0.2, 0.25) is 0 Å². The van der Waals surface area contributed by atoms with Crippen LogP contribution in [0.15, 0.2) is 0 Å². The van der Waals surface area contributed by atoms with Crippen molar-refractivity contribution in [3.05, 3.63) is 0 Å². The highest BCUT2D eigenvalue weighted by Crippen LogP contribution is 2.13. The number of amidine groups is 1. The molecule has 1 rings (SSSR count). The third kappa shape index (κ3) is 4.07. The molecule has 1 atom stereocenters. The van der Waals surface area contributed by atoms with E-state index in [1.54, 1.807) is 4.90 Å². The number of hydrogen-bond donors (Lipinski definition) is 2. The normalized spacial score (nSPS) is 21.4. The molecule has 1 aliphatic heterocycles. The molecule has 0 bridgehead atoms. The topological polar surface area (TPSA) is 72.1 Å². The molecule has 90 valence electrons. The predicted molar refractivity (Wildman–Crippen MR) is 62.1 cm³/mol. The van der Waals surface area contributed by atoms with Crippen LogP contribution in [0.5, 0.6) is 0 Å². The van der Waals surface area contributed by atoms with E-state index in [9.17, 15) is 0 Å². The maximum Gasteiger partial charge on any atom is 0.284 e. The van der Waals surface area contributed by atoms with E-state index in [4.69, 9.17) is 15.4 Å². The molecule has 5 heteroatoms. The van der Waals surface area contributed by atoms with Crippen LogP contribution < -0.4 is 5.32 Å². The maximum absolute atomic E-state index is 8.80. The van der Waals surface area contributed by atoms with Crippen molar-refractivity contribution in [3.63, 3.8) is 0 Å². The first-order chi connectivity index (χ1) is 7.42. The fourth-order valence-electron chi connectivity index (χ4n) is 1.40. The van der Waals surface area contributed by atoms with Crippen molar-refractivity contribution in [2.24, 2.45) is 5.41 Å². The summed E-state index contributed by atoms with van der Waals surface area (Å²) >= 11 is 0. The van der Waals surface area contributed by atoms with Crippen molar-refractivity contribution in [2.45, 2.75) is 26.8 Å². The smallest absolute Gasteiger partial charge is 0.284 e. The molecule has 0 saturated carbocycles. The second-order valence-electron chi connectivity index (χ2n) is 5.24. The monoisotopic (exact) mass is 224 g/mol. The molecule has 0 radical (unpaired) electrons. The van der Waals surface area contributed by atoms with Crippen molar-refractivity contribution < 1.29 is 4.74 Å². The number of nitriles is 1. The average Bonchev–Trinajstić information content (AvgIpc) is 2.25. The molecule has 1 saturated heterocycles. The van der Waals surface area contributed by atoms with Crippen LogP contribution in [0.1, 0.15) is 20.8 Å². The highest BCUT2D eigenvalue weighted by Gasteiger charge is 2.22. The molecule has 1 heterocycles. The molecule has 1 fully saturated rings. The molecule has 0 aliphatic carbocycles. The SMILES string of the molecule is CC(C)(C)COC(=N)N1CCNC(C#N)C1. The lowest BCUT2D eigenvalue weighted by Gasteiger charge is -2.32. The van der Waals surface area contributed by atoms with Crippen molar-refractivity contribution in [3.8, 4) is 6.07 Å². The van der Waals surface area contributed by atoms with Crippen LogP contribution in [-0.2, 0) is 4.74 Å². The molecule has 0 aromatic heterocycles. The van der Waals surface area contributed by atoms with Crippen LogP contribution >= 0.6 is 0 Å². The van der Waals surface area contributed by atoms with Crippen LogP contribution in [0.4, 0.5) is 0 Å². The van der Waals surface area contributed by atoms with Crippen molar-refractivity contribution >= 4 is 6.02 Å². The van der Waals surface area contributed by atoms with Gasteiger partial charge in [-0.3, -0.25) is 10.7 Å². The number of piperazine rings is 1. The molecule has 0 spiro atoms. The minimum atomic E-state index is -0.202. The van der Waals surface area contributed by atoms with E-state index in [2.05, 4.69) is 32.2 Å². The lowest BCUT2D eigenvalue weighted by Crippen LogP contribution is -2.52. The molecule has 0 aromatic rings. The summed E-state index contributed by atoms with van der Waals surface area (Å²) in [5.74, 6) is 0. The Morgan fingerprint density at radius 2 is 2.31 bits per heavy atom. The van der Waals surface area contributed by atoms with Gasteiger partial charge in [-0.2, -0.15) is 5.26 Å². The Labute approximate surface area is 96.9 Å². The van der Waals surface area contributed by atoms with Gasteiger partial charge in [0.15, 0.2) is 0 Å². The lowest BCUT2D eigenvalue weighted by atomic mass is 9.99. The Morgan fingerprint density at radius 3 is 2.88 bits per heavy atom. The van der Waals surface area contributed by atoms with E-state index in [-0.39, 0.29) is 17.5 Å². The minimum Gasteiger partial charge on any atom is -0.465 e. The van der Waals surface area contributed by atoms with E-state index >= 15 is 0 Å². The van der Waals surface area contributed by atoms with Crippen molar-refractivity contribution in [2.75, 3.05) is 26.2 Å². The van der Waals surface area contributed by atoms with Gasteiger partial charge < -0.3 is 9.64 Å². The Morgan fingerprint density at radius 1 is 1.62 bits per heavy atom. The highest BCUT2D eigenvalue weighted by atomic mass is 16.5. The fourth-order valence-corrected chi connectivity index (χ4v) is 1.40. The van der Waals surface area contributed by atoms with Gasteiger partial charge in [-0.15, -0.1) is 0 Å². The fraction of sp³-hybridized carbons (Fsp3) is 0.818. The van der Waals surface area contributed by atoms with Crippen LogP contribution in [0, 0.1) is 22.2 Å². The number of nitrogens with one attached hydrogen (secondary N) is 2. The predicted octanol–water partition coefficient (Wildman–Crippen LogP) is 0.781. The van der Waals surface area contributed by atoms with Gasteiger partial charge >= 0.3 is 0 Å². The van der Waals surface area contributed by atoms with Crippen LogP contribution in [0.3, 0.4) is 0 Å². The summed E-state index contributed by atoms with van der Waals surface area (Å²) in [6, 6.07) is 2.13. The zero-order valence-electron chi connectivity index (χ0n) is 10.2. The molecular weight excluding hydrogens is 204 g/mol. The second kappa shape index (κ2) is 5.17. The van der Waals surface area contributed by atoms with Gasteiger partial charge in [0.1, 0.15) is 6.04 Å². The minimum absolute atomic E-state index is 0.0506. The summed E-state index contributed by atoms with van der Waals surface area (Å²) in [5, 5.41) is 19.7. The third-order valence-corrected chi connectivity index (χ3v) is 2.26. The van der Waals surface area contributed by atoms with Crippen LogP contribution in [0.25, 0.3) is 0 Å². The number of rotatable bonds is 1. The van der Waals surface area contributed by atoms with E-state index in [1.807, 2.05) is 0 Å². The van der Waals surface area contributed by atoms with E-state index in [1.165, 1.54) is 0 Å². The molecule has 1 aliphatic rings. The maximum atomic E-state index is 8.80. The van der Waals surface area contributed by atoms with E-state index in [0.717, 1.165) is 13.1 Å². The summed E-state index contributed by atoms with van der Waals surface area (Å²) in [6.45, 7) is 8.69. The van der Waals surface area contributed by atoms with Gasteiger partial charge in [-0.05, 0) is 5.41 Å². The quantitative estimate of drug-likeness (QED) is 0.510. The number of hydrogen-bond acceptors (Lipinski definition) is 4. The average molecular weight is 224 g/mol. The van der Waals surface area contributed by atoms with Crippen molar-refractivity contribution in [1.82, 2.24) is 10.2 Å². The standard InChI is InChI=1S/C11H20N4O/c1-11(2,3)8-16-10(13)15-5-4-14-9(6-12)7-15/h9,13-14H,4-5,7-8H2,1-3H3. The summed E-state index contributed by atoms with van der Waals surface area (Å²) < 4.78 is 5.41. The van der Waals surface area contributed by atoms with Crippen LogP contribution in [-0.4, -0.2) is 43.2 Å². The van der Waals surface area contributed by atoms with Gasteiger partial charge in [0, 0.05) is 13.1 Å². The van der Waals surface area contributed by atoms with Gasteiger partial charge in [-0.1, -0.05) is 20.8 Å². The Bertz CT molecular complexity index is 289. The van der Waals surface area contributed by atoms with Gasteiger partial charge in [0.25, 0.3) is 6.02 Å². The van der Waals surface area contributed by atoms with Gasteiger partial charge in [0.05, 0.1) is 19.2 Å². The molecule has 1 unspecified atom stereocenters. The number of ether oxygens (including phenoxy) is 1. The zero-order chi connectivity index (χ0) is 12.2. The molecule has 0 aromatic carbocycles. The number of nitrogens with zero attached hydrogens (tertiary/aromatic N) is 2. The Balaban J connectivity index is 2.39. The zero-order valence-corrected chi connectivity index (χ0v) is 10.2. The summed E-state index contributed by atoms with van der Waals surface area (Å²) in [6.07, 6.45) is 0. The van der Waals surface area contributed by atoms with E-state index < -0.39 is 0 Å². The Kier molecular flexibility index (Phi) is 4.13. The largest absolute Gasteiger partial charge is 0.465 e. The lowest BCUT2D eigenvalue weighted by molar-refractivity contribution is 0.143. The molecule has 5 nitrogen and oxygen atoms in total. The Hall–Kier alpha value is -1.28. The van der Waals surface area contributed by atoms with Gasteiger partial charge in [-0.25, -0.2) is 0 Å². The third-order valence-electron chi connectivity index (χ3n) is 2.26. The molecule has 0 amide bonds. The molecular formula is C11H20N4O. The molecule has 16 heavy (non-hydrogen) atoms. The first-order valence-electron chi connectivity index (χ1n) is 5.52. The summed E-state index contributed by atoms with van der Waals surface area (Å²) in [7, 11) is 0. The summed E-state index contributed by atoms with van der Waals surface area (Å²) in [4.78, 5) is 1.80. The van der Waals surface area contributed by atoms with Crippen molar-refractivity contribution in [1.29, 1.82) is 10.7 Å². The first-order valence-corrected chi connectivity index (χ1v) is 5.52.